The van der Waals surface area contributed by atoms with E-state index in [0.29, 0.717) is 26.2 Å². The summed E-state index contributed by atoms with van der Waals surface area (Å²) in [5, 5.41) is 2.89. The van der Waals surface area contributed by atoms with Crippen molar-refractivity contribution >= 4 is 12.0 Å². The fourth-order valence-electron chi connectivity index (χ4n) is 2.27. The molecule has 2 amide bonds. The van der Waals surface area contributed by atoms with Crippen LogP contribution >= 0.6 is 0 Å². The maximum atomic E-state index is 12.0. The predicted molar refractivity (Wildman–Crippen MR) is 82.1 cm³/mol. The second kappa shape index (κ2) is 7.11. The quantitative estimate of drug-likeness (QED) is 0.857. The molecule has 0 aliphatic carbocycles. The van der Waals surface area contributed by atoms with Crippen LogP contribution in [0.15, 0.2) is 0 Å². The third kappa shape index (κ3) is 6.33. The molecule has 6 nitrogen and oxygen atoms in total. The maximum Gasteiger partial charge on any atom is 0.410 e. The van der Waals surface area contributed by atoms with Crippen LogP contribution in [-0.4, -0.2) is 65.7 Å². The van der Waals surface area contributed by atoms with E-state index >= 15 is 0 Å². The van der Waals surface area contributed by atoms with Gasteiger partial charge in [0, 0.05) is 31.7 Å². The van der Waals surface area contributed by atoms with Gasteiger partial charge in [0.25, 0.3) is 0 Å². The Morgan fingerprint density at radius 1 is 1.29 bits per heavy atom. The summed E-state index contributed by atoms with van der Waals surface area (Å²) >= 11 is 0. The normalized spacial score (nSPS) is 20.5. The molecule has 0 aromatic rings. The third-order valence-corrected chi connectivity index (χ3v) is 3.21. The van der Waals surface area contributed by atoms with Gasteiger partial charge in [-0.2, -0.15) is 0 Å². The molecule has 6 heteroatoms. The average Bonchev–Trinajstić information content (AvgIpc) is 2.28. The zero-order valence-corrected chi connectivity index (χ0v) is 14.1. The monoisotopic (exact) mass is 299 g/mol. The SMILES string of the molecule is CC(C)NC(=O)CN1CCN(C(=O)OC(C)(C)C)CC1C. The lowest BCUT2D eigenvalue weighted by Crippen LogP contribution is -2.56. The van der Waals surface area contributed by atoms with Crippen LogP contribution in [0, 0.1) is 0 Å². The number of hydrogen-bond donors (Lipinski definition) is 1. The van der Waals surface area contributed by atoms with E-state index in [0.717, 1.165) is 0 Å². The molecule has 0 spiro atoms. The highest BCUT2D eigenvalue weighted by atomic mass is 16.6. The molecule has 1 unspecified atom stereocenters. The Labute approximate surface area is 127 Å². The van der Waals surface area contributed by atoms with Gasteiger partial charge in [0.1, 0.15) is 5.60 Å². The second-order valence-corrected chi connectivity index (χ2v) is 6.97. The Morgan fingerprint density at radius 2 is 1.90 bits per heavy atom. The van der Waals surface area contributed by atoms with E-state index in [1.54, 1.807) is 4.90 Å². The minimum atomic E-state index is -0.478. The van der Waals surface area contributed by atoms with Crippen molar-refractivity contribution in [3.05, 3.63) is 0 Å². The smallest absolute Gasteiger partial charge is 0.410 e. The summed E-state index contributed by atoms with van der Waals surface area (Å²) in [5.74, 6) is 0.0302. The lowest BCUT2D eigenvalue weighted by Gasteiger charge is -2.39. The highest BCUT2D eigenvalue weighted by molar-refractivity contribution is 5.78. The minimum absolute atomic E-state index is 0.0302. The van der Waals surface area contributed by atoms with E-state index < -0.39 is 5.60 Å². The number of hydrogen-bond acceptors (Lipinski definition) is 4. The molecule has 21 heavy (non-hydrogen) atoms. The van der Waals surface area contributed by atoms with Crippen LogP contribution < -0.4 is 5.32 Å². The van der Waals surface area contributed by atoms with Crippen molar-refractivity contribution < 1.29 is 14.3 Å². The van der Waals surface area contributed by atoms with Crippen molar-refractivity contribution in [3.63, 3.8) is 0 Å². The fraction of sp³-hybridized carbons (Fsp3) is 0.867. The van der Waals surface area contributed by atoms with Crippen LogP contribution in [0.1, 0.15) is 41.5 Å². The van der Waals surface area contributed by atoms with Crippen LogP contribution in [0.5, 0.6) is 0 Å². The molecule has 1 rings (SSSR count). The number of piperazine rings is 1. The molecule has 1 fully saturated rings. The van der Waals surface area contributed by atoms with E-state index in [-0.39, 0.29) is 24.1 Å². The Hall–Kier alpha value is -1.30. The zero-order chi connectivity index (χ0) is 16.2. The van der Waals surface area contributed by atoms with E-state index in [1.807, 2.05) is 41.5 Å². The van der Waals surface area contributed by atoms with Crippen molar-refractivity contribution in [1.29, 1.82) is 0 Å². The number of amides is 2. The van der Waals surface area contributed by atoms with Crippen molar-refractivity contribution in [2.24, 2.45) is 0 Å². The van der Waals surface area contributed by atoms with Gasteiger partial charge in [-0.3, -0.25) is 9.69 Å². The van der Waals surface area contributed by atoms with E-state index in [1.165, 1.54) is 0 Å². The van der Waals surface area contributed by atoms with E-state index in [2.05, 4.69) is 10.2 Å². The van der Waals surface area contributed by atoms with Crippen LogP contribution in [0.4, 0.5) is 4.79 Å². The van der Waals surface area contributed by atoms with Crippen LogP contribution in [0.25, 0.3) is 0 Å². The Morgan fingerprint density at radius 3 is 2.38 bits per heavy atom. The summed E-state index contributed by atoms with van der Waals surface area (Å²) < 4.78 is 5.38. The summed E-state index contributed by atoms with van der Waals surface area (Å²) in [4.78, 5) is 27.7. The lowest BCUT2D eigenvalue weighted by molar-refractivity contribution is -0.123. The molecule has 0 aromatic heterocycles. The first-order valence-electron chi connectivity index (χ1n) is 7.60. The van der Waals surface area contributed by atoms with Gasteiger partial charge >= 0.3 is 6.09 Å². The Bertz CT molecular complexity index is 377. The number of nitrogens with zero attached hydrogens (tertiary/aromatic N) is 2. The summed E-state index contributed by atoms with van der Waals surface area (Å²) in [5.41, 5.74) is -0.478. The topological polar surface area (TPSA) is 61.9 Å². The molecular weight excluding hydrogens is 270 g/mol. The number of rotatable bonds is 3. The van der Waals surface area contributed by atoms with Gasteiger partial charge in [-0.05, 0) is 41.5 Å². The zero-order valence-electron chi connectivity index (χ0n) is 14.1. The first kappa shape index (κ1) is 17.8. The van der Waals surface area contributed by atoms with Gasteiger partial charge in [0.05, 0.1) is 6.54 Å². The highest BCUT2D eigenvalue weighted by Crippen LogP contribution is 2.14. The molecule has 1 heterocycles. The van der Waals surface area contributed by atoms with Crippen molar-refractivity contribution in [2.75, 3.05) is 26.2 Å². The Balaban J connectivity index is 2.47. The average molecular weight is 299 g/mol. The molecule has 1 aliphatic heterocycles. The number of ether oxygens (including phenoxy) is 1. The van der Waals surface area contributed by atoms with Gasteiger partial charge < -0.3 is 15.0 Å². The third-order valence-electron chi connectivity index (χ3n) is 3.21. The van der Waals surface area contributed by atoms with Gasteiger partial charge in [0.15, 0.2) is 0 Å². The lowest BCUT2D eigenvalue weighted by atomic mass is 10.2. The fourth-order valence-corrected chi connectivity index (χ4v) is 2.27. The second-order valence-electron chi connectivity index (χ2n) is 6.97. The van der Waals surface area contributed by atoms with Crippen LogP contribution in [0.3, 0.4) is 0 Å². The molecule has 0 saturated carbocycles. The molecule has 1 aliphatic rings. The number of carbonyl (C=O) groups excluding carboxylic acids is 2. The van der Waals surface area contributed by atoms with Crippen LogP contribution in [0.2, 0.25) is 0 Å². The predicted octanol–water partition coefficient (Wildman–Crippen LogP) is 1.45. The molecule has 0 aromatic carbocycles. The minimum Gasteiger partial charge on any atom is -0.444 e. The van der Waals surface area contributed by atoms with Gasteiger partial charge in [-0.15, -0.1) is 0 Å². The molecule has 122 valence electrons. The molecule has 1 atom stereocenters. The van der Waals surface area contributed by atoms with Crippen molar-refractivity contribution in [2.45, 2.75) is 59.2 Å². The van der Waals surface area contributed by atoms with Gasteiger partial charge in [-0.25, -0.2) is 4.79 Å². The maximum absolute atomic E-state index is 12.0. The van der Waals surface area contributed by atoms with Gasteiger partial charge in [0.2, 0.25) is 5.91 Å². The number of carbonyl (C=O) groups is 2. The molecule has 1 saturated heterocycles. The molecule has 0 radical (unpaired) electrons. The van der Waals surface area contributed by atoms with Crippen molar-refractivity contribution in [1.82, 2.24) is 15.1 Å². The number of nitrogens with one attached hydrogen (secondary N) is 1. The highest BCUT2D eigenvalue weighted by Gasteiger charge is 2.30. The molecule has 0 bridgehead atoms. The van der Waals surface area contributed by atoms with Crippen LogP contribution in [-0.2, 0) is 9.53 Å². The molecule has 1 N–H and O–H groups in total. The summed E-state index contributed by atoms with van der Waals surface area (Å²) in [7, 11) is 0. The standard InChI is InChI=1S/C15H29N3O3/c1-11(2)16-13(19)10-17-7-8-18(9-12(17)3)14(20)21-15(4,5)6/h11-12H,7-10H2,1-6H3,(H,16,19). The molecular formula is C15H29N3O3. The summed E-state index contributed by atoms with van der Waals surface area (Å²) in [6.45, 7) is 13.7. The van der Waals surface area contributed by atoms with Gasteiger partial charge in [-0.1, -0.05) is 0 Å². The van der Waals surface area contributed by atoms with E-state index in [4.69, 9.17) is 4.74 Å². The largest absolute Gasteiger partial charge is 0.444 e. The summed E-state index contributed by atoms with van der Waals surface area (Å²) in [6.07, 6.45) is -0.277. The Kier molecular flexibility index (Phi) is 6.01. The summed E-state index contributed by atoms with van der Waals surface area (Å²) in [6, 6.07) is 0.292. The van der Waals surface area contributed by atoms with E-state index in [9.17, 15) is 9.59 Å². The first-order valence-corrected chi connectivity index (χ1v) is 7.60. The van der Waals surface area contributed by atoms with Crippen molar-refractivity contribution in [3.8, 4) is 0 Å². The first-order chi connectivity index (χ1) is 9.58.